The number of amides is 1. The van der Waals surface area contributed by atoms with Crippen LogP contribution in [0.1, 0.15) is 16.1 Å². The van der Waals surface area contributed by atoms with Gasteiger partial charge in [-0.25, -0.2) is 4.52 Å². The molecule has 2 heterocycles. The Morgan fingerprint density at radius 3 is 2.65 bits per heavy atom. The first kappa shape index (κ1) is 12.2. The summed E-state index contributed by atoms with van der Waals surface area (Å²) in [5, 5.41) is 7.49. The van der Waals surface area contributed by atoms with E-state index in [1.807, 2.05) is 49.4 Å². The highest BCUT2D eigenvalue weighted by Gasteiger charge is 2.14. The zero-order valence-corrected chi connectivity index (χ0v) is 11.0. The summed E-state index contributed by atoms with van der Waals surface area (Å²) in [6.07, 6.45) is 1.49. The predicted octanol–water partition coefficient (Wildman–Crippen LogP) is 2.49. The molecule has 0 saturated carbocycles. The Hall–Kier alpha value is -2.82. The number of carbonyl (C=O) groups excluding carboxylic acids is 1. The zero-order chi connectivity index (χ0) is 14.1. The standard InChI is InChI=1S/C15H14N4O/c1-10-7-8-13-14(18-11-5-3-2-4-6-11)12(15(16)20)9-17-19(10)13/h2-9,18H,1H3,(H2,16,20). The summed E-state index contributed by atoms with van der Waals surface area (Å²) >= 11 is 0. The van der Waals surface area contributed by atoms with Gasteiger partial charge in [0.05, 0.1) is 23.0 Å². The minimum absolute atomic E-state index is 0.374. The van der Waals surface area contributed by atoms with E-state index in [0.717, 1.165) is 16.9 Å². The fraction of sp³-hybridized carbons (Fsp3) is 0.0667. The lowest BCUT2D eigenvalue weighted by atomic mass is 10.2. The molecule has 0 spiro atoms. The van der Waals surface area contributed by atoms with Crippen LogP contribution in [-0.4, -0.2) is 15.5 Å². The monoisotopic (exact) mass is 266 g/mol. The summed E-state index contributed by atoms with van der Waals surface area (Å²) < 4.78 is 1.78. The number of nitrogens with zero attached hydrogens (tertiary/aromatic N) is 2. The van der Waals surface area contributed by atoms with Gasteiger partial charge in [0.2, 0.25) is 0 Å². The number of anilines is 2. The molecular weight excluding hydrogens is 252 g/mol. The Kier molecular flexibility index (Phi) is 2.87. The Morgan fingerprint density at radius 2 is 1.95 bits per heavy atom. The summed E-state index contributed by atoms with van der Waals surface area (Å²) in [5.41, 5.74) is 9.19. The van der Waals surface area contributed by atoms with Crippen LogP contribution in [0.2, 0.25) is 0 Å². The zero-order valence-electron chi connectivity index (χ0n) is 11.0. The van der Waals surface area contributed by atoms with Gasteiger partial charge in [-0.3, -0.25) is 4.79 Å². The summed E-state index contributed by atoms with van der Waals surface area (Å²) in [6.45, 7) is 1.95. The minimum Gasteiger partial charge on any atom is -0.365 e. The van der Waals surface area contributed by atoms with Gasteiger partial charge in [0.1, 0.15) is 0 Å². The number of aryl methyl sites for hydroxylation is 1. The second-order valence-corrected chi connectivity index (χ2v) is 4.56. The Bertz CT molecular complexity index is 777. The Balaban J connectivity index is 2.20. The third kappa shape index (κ3) is 1.99. The van der Waals surface area contributed by atoms with Crippen molar-refractivity contribution in [1.29, 1.82) is 0 Å². The number of aromatic nitrogens is 2. The van der Waals surface area contributed by atoms with Crippen LogP contribution in [-0.2, 0) is 0 Å². The fourth-order valence-corrected chi connectivity index (χ4v) is 2.18. The van der Waals surface area contributed by atoms with Crippen LogP contribution in [0.5, 0.6) is 0 Å². The van der Waals surface area contributed by atoms with Crippen LogP contribution in [0.4, 0.5) is 11.4 Å². The quantitative estimate of drug-likeness (QED) is 0.765. The Morgan fingerprint density at radius 1 is 1.20 bits per heavy atom. The molecule has 0 aliphatic carbocycles. The van der Waals surface area contributed by atoms with Crippen LogP contribution >= 0.6 is 0 Å². The molecule has 0 bridgehead atoms. The number of nitrogens with one attached hydrogen (secondary N) is 1. The molecule has 2 aromatic heterocycles. The molecule has 3 rings (SSSR count). The first-order valence-electron chi connectivity index (χ1n) is 6.26. The van der Waals surface area contributed by atoms with E-state index in [9.17, 15) is 4.79 Å². The molecule has 20 heavy (non-hydrogen) atoms. The number of primary amides is 1. The molecule has 0 atom stereocenters. The smallest absolute Gasteiger partial charge is 0.252 e. The average Bonchev–Trinajstić information content (AvgIpc) is 2.82. The van der Waals surface area contributed by atoms with Gasteiger partial charge in [-0.1, -0.05) is 18.2 Å². The third-order valence-corrected chi connectivity index (χ3v) is 3.18. The van der Waals surface area contributed by atoms with Crippen molar-refractivity contribution in [3.05, 3.63) is 59.9 Å². The number of fused-ring (bicyclic) bond motifs is 1. The van der Waals surface area contributed by atoms with Gasteiger partial charge in [-0.2, -0.15) is 5.10 Å². The lowest BCUT2D eigenvalue weighted by molar-refractivity contribution is 0.100. The molecule has 0 saturated heterocycles. The van der Waals surface area contributed by atoms with Crippen LogP contribution in [0.25, 0.3) is 5.52 Å². The SMILES string of the molecule is Cc1ccc2c(Nc3ccccc3)c(C(N)=O)cnn12. The summed E-state index contributed by atoms with van der Waals surface area (Å²) in [6, 6.07) is 13.5. The van der Waals surface area contributed by atoms with E-state index >= 15 is 0 Å². The van der Waals surface area contributed by atoms with E-state index in [4.69, 9.17) is 5.73 Å². The lowest BCUT2D eigenvalue weighted by Crippen LogP contribution is -2.15. The number of rotatable bonds is 3. The van der Waals surface area contributed by atoms with Crippen LogP contribution < -0.4 is 11.1 Å². The van der Waals surface area contributed by atoms with E-state index in [2.05, 4.69) is 10.4 Å². The first-order chi connectivity index (χ1) is 9.66. The number of hydrogen-bond acceptors (Lipinski definition) is 3. The topological polar surface area (TPSA) is 72.4 Å². The second-order valence-electron chi connectivity index (χ2n) is 4.56. The molecule has 0 unspecified atom stereocenters. The Labute approximate surface area is 116 Å². The van der Waals surface area contributed by atoms with Crippen molar-refractivity contribution in [2.24, 2.45) is 5.73 Å². The van der Waals surface area contributed by atoms with Crippen molar-refractivity contribution in [1.82, 2.24) is 9.61 Å². The summed E-state index contributed by atoms with van der Waals surface area (Å²) in [4.78, 5) is 11.6. The van der Waals surface area contributed by atoms with Crippen molar-refractivity contribution in [2.75, 3.05) is 5.32 Å². The van der Waals surface area contributed by atoms with Gasteiger partial charge in [-0.15, -0.1) is 0 Å². The van der Waals surface area contributed by atoms with E-state index in [0.29, 0.717) is 11.3 Å². The van der Waals surface area contributed by atoms with Gasteiger partial charge >= 0.3 is 0 Å². The predicted molar refractivity (Wildman–Crippen MR) is 78.2 cm³/mol. The molecular formula is C15H14N4O. The fourth-order valence-electron chi connectivity index (χ4n) is 2.18. The van der Waals surface area contributed by atoms with Crippen molar-refractivity contribution in [3.63, 3.8) is 0 Å². The number of carbonyl (C=O) groups is 1. The lowest BCUT2D eigenvalue weighted by Gasteiger charge is -2.12. The highest BCUT2D eigenvalue weighted by molar-refractivity contribution is 6.02. The molecule has 0 radical (unpaired) electrons. The van der Waals surface area contributed by atoms with E-state index in [1.54, 1.807) is 4.52 Å². The number of nitrogens with two attached hydrogens (primary N) is 1. The number of benzene rings is 1. The molecule has 0 aliphatic rings. The van der Waals surface area contributed by atoms with Gasteiger partial charge < -0.3 is 11.1 Å². The van der Waals surface area contributed by atoms with Crippen LogP contribution in [0, 0.1) is 6.92 Å². The number of para-hydroxylation sites is 1. The maximum Gasteiger partial charge on any atom is 0.252 e. The second kappa shape index (κ2) is 4.70. The maximum atomic E-state index is 11.6. The molecule has 100 valence electrons. The molecule has 5 heteroatoms. The third-order valence-electron chi connectivity index (χ3n) is 3.18. The summed E-state index contributed by atoms with van der Waals surface area (Å²) in [7, 11) is 0. The largest absolute Gasteiger partial charge is 0.365 e. The van der Waals surface area contributed by atoms with Gasteiger partial charge in [0.15, 0.2) is 0 Å². The van der Waals surface area contributed by atoms with Gasteiger partial charge in [0, 0.05) is 11.4 Å². The van der Waals surface area contributed by atoms with Crippen molar-refractivity contribution in [3.8, 4) is 0 Å². The molecule has 3 N–H and O–H groups in total. The number of hydrogen-bond donors (Lipinski definition) is 2. The molecule has 3 aromatic rings. The summed E-state index contributed by atoms with van der Waals surface area (Å²) in [5.74, 6) is -0.503. The first-order valence-corrected chi connectivity index (χ1v) is 6.26. The van der Waals surface area contributed by atoms with E-state index in [1.165, 1.54) is 6.20 Å². The average molecular weight is 266 g/mol. The molecule has 0 fully saturated rings. The van der Waals surface area contributed by atoms with Crippen molar-refractivity contribution < 1.29 is 4.79 Å². The molecule has 0 aliphatic heterocycles. The van der Waals surface area contributed by atoms with Crippen LogP contribution in [0.3, 0.4) is 0 Å². The molecule has 1 amide bonds. The van der Waals surface area contributed by atoms with E-state index in [-0.39, 0.29) is 0 Å². The van der Waals surface area contributed by atoms with Crippen molar-refractivity contribution >= 4 is 22.8 Å². The highest BCUT2D eigenvalue weighted by atomic mass is 16.1. The van der Waals surface area contributed by atoms with E-state index < -0.39 is 5.91 Å². The molecule has 1 aromatic carbocycles. The van der Waals surface area contributed by atoms with Crippen LogP contribution in [0.15, 0.2) is 48.7 Å². The van der Waals surface area contributed by atoms with Gasteiger partial charge in [0.25, 0.3) is 5.91 Å². The van der Waals surface area contributed by atoms with Crippen molar-refractivity contribution in [2.45, 2.75) is 6.92 Å². The highest BCUT2D eigenvalue weighted by Crippen LogP contribution is 2.26. The minimum atomic E-state index is -0.503. The molecule has 5 nitrogen and oxygen atoms in total. The normalized spacial score (nSPS) is 10.7. The van der Waals surface area contributed by atoms with Gasteiger partial charge in [-0.05, 0) is 31.2 Å². The maximum absolute atomic E-state index is 11.6.